The summed E-state index contributed by atoms with van der Waals surface area (Å²) in [7, 11) is 3.26. The van der Waals surface area contributed by atoms with E-state index in [4.69, 9.17) is 14.2 Å². The highest BCUT2D eigenvalue weighted by Crippen LogP contribution is 2.37. The third kappa shape index (κ3) is 4.79. The van der Waals surface area contributed by atoms with Crippen LogP contribution in [0.1, 0.15) is 28.7 Å². The predicted molar refractivity (Wildman–Crippen MR) is 143 cm³/mol. The fourth-order valence-corrected chi connectivity index (χ4v) is 5.75. The van der Waals surface area contributed by atoms with Crippen molar-refractivity contribution >= 4 is 44.4 Å². The van der Waals surface area contributed by atoms with E-state index in [1.165, 1.54) is 11.3 Å². The Labute approximate surface area is 218 Å². The zero-order chi connectivity index (χ0) is 26.1. The number of nitrogens with one attached hydrogen (secondary N) is 1. The lowest BCUT2D eigenvalue weighted by Crippen LogP contribution is -2.29. The van der Waals surface area contributed by atoms with Gasteiger partial charge in [-0.2, -0.15) is 0 Å². The molecule has 37 heavy (non-hydrogen) atoms. The summed E-state index contributed by atoms with van der Waals surface area (Å²) in [6.45, 7) is 5.52. The van der Waals surface area contributed by atoms with Crippen molar-refractivity contribution in [2.45, 2.75) is 32.5 Å². The molecule has 2 atom stereocenters. The summed E-state index contributed by atoms with van der Waals surface area (Å²) in [4.78, 5) is 32.6. The molecule has 194 valence electrons. The van der Waals surface area contributed by atoms with Crippen LogP contribution in [0, 0.1) is 6.92 Å². The molecule has 2 unspecified atom stereocenters. The van der Waals surface area contributed by atoms with Crippen molar-refractivity contribution in [1.29, 1.82) is 0 Å². The van der Waals surface area contributed by atoms with Crippen molar-refractivity contribution in [3.05, 3.63) is 53.2 Å². The van der Waals surface area contributed by atoms with Gasteiger partial charge in [0.1, 0.15) is 23.7 Å². The SMILES string of the molecule is CCCNC(=O)n1c(C)cc2cc(Oc3ccnc4cc(C(=O)N5CC(OC)C(OC)C5)sc34)ccc21. The van der Waals surface area contributed by atoms with E-state index in [0.29, 0.717) is 41.5 Å². The fourth-order valence-electron chi connectivity index (χ4n) is 4.72. The van der Waals surface area contributed by atoms with Crippen molar-refractivity contribution in [1.82, 2.24) is 19.8 Å². The summed E-state index contributed by atoms with van der Waals surface area (Å²) in [6.07, 6.45) is 2.25. The number of fused-ring (bicyclic) bond motifs is 2. The van der Waals surface area contributed by atoms with Crippen molar-refractivity contribution < 1.29 is 23.8 Å². The molecule has 1 aliphatic heterocycles. The van der Waals surface area contributed by atoms with E-state index in [0.717, 1.165) is 27.7 Å². The van der Waals surface area contributed by atoms with Gasteiger partial charge in [-0.3, -0.25) is 14.3 Å². The smallest absolute Gasteiger partial charge is 0.326 e. The second-order valence-corrected chi connectivity index (χ2v) is 10.1. The maximum atomic E-state index is 13.2. The lowest BCUT2D eigenvalue weighted by Gasteiger charge is -2.14. The number of carbonyl (C=O) groups excluding carboxylic acids is 2. The van der Waals surface area contributed by atoms with Gasteiger partial charge in [0, 0.05) is 57.2 Å². The van der Waals surface area contributed by atoms with Gasteiger partial charge >= 0.3 is 6.03 Å². The highest BCUT2D eigenvalue weighted by atomic mass is 32.1. The number of thiophene rings is 1. The lowest BCUT2D eigenvalue weighted by molar-refractivity contribution is -0.00461. The third-order valence-corrected chi connectivity index (χ3v) is 7.74. The van der Waals surface area contributed by atoms with Crippen molar-refractivity contribution in [3.63, 3.8) is 0 Å². The maximum Gasteiger partial charge on any atom is 0.326 e. The van der Waals surface area contributed by atoms with Gasteiger partial charge in [0.2, 0.25) is 0 Å². The first-order valence-electron chi connectivity index (χ1n) is 12.2. The van der Waals surface area contributed by atoms with Crippen molar-refractivity contribution in [2.75, 3.05) is 33.9 Å². The number of hydrogen-bond acceptors (Lipinski definition) is 7. The topological polar surface area (TPSA) is 94.9 Å². The first-order valence-corrected chi connectivity index (χ1v) is 13.1. The molecule has 9 nitrogen and oxygen atoms in total. The van der Waals surface area contributed by atoms with Crippen LogP contribution in [-0.2, 0) is 9.47 Å². The number of rotatable bonds is 7. The number of amides is 2. The number of aromatic nitrogens is 2. The van der Waals surface area contributed by atoms with E-state index in [2.05, 4.69) is 10.3 Å². The molecule has 1 aromatic carbocycles. The number of ether oxygens (including phenoxy) is 3. The number of pyridine rings is 1. The Hall–Kier alpha value is -3.47. The molecule has 10 heteroatoms. The average molecular weight is 523 g/mol. The van der Waals surface area contributed by atoms with E-state index in [1.54, 1.807) is 42.0 Å². The van der Waals surface area contributed by atoms with Gasteiger partial charge in [0.15, 0.2) is 0 Å². The number of aryl methyl sites for hydroxylation is 1. The number of methoxy groups -OCH3 is 2. The van der Waals surface area contributed by atoms with Crippen LogP contribution in [0.25, 0.3) is 21.1 Å². The molecule has 0 saturated carbocycles. The molecule has 4 heterocycles. The number of benzene rings is 1. The largest absolute Gasteiger partial charge is 0.456 e. The molecule has 1 fully saturated rings. The maximum absolute atomic E-state index is 13.2. The van der Waals surface area contributed by atoms with Crippen LogP contribution in [0.4, 0.5) is 4.79 Å². The molecule has 1 aliphatic rings. The first-order chi connectivity index (χ1) is 17.9. The minimum absolute atomic E-state index is 0.0739. The van der Waals surface area contributed by atoms with Crippen LogP contribution in [-0.4, -0.2) is 72.5 Å². The summed E-state index contributed by atoms with van der Waals surface area (Å²) in [5, 5.41) is 3.83. The molecule has 1 N–H and O–H groups in total. The minimum Gasteiger partial charge on any atom is -0.456 e. The number of nitrogens with zero attached hydrogens (tertiary/aromatic N) is 3. The van der Waals surface area contributed by atoms with Crippen LogP contribution in [0.15, 0.2) is 42.6 Å². The van der Waals surface area contributed by atoms with Gasteiger partial charge in [0.25, 0.3) is 5.91 Å². The molecule has 0 aliphatic carbocycles. The zero-order valence-corrected chi connectivity index (χ0v) is 22.1. The van der Waals surface area contributed by atoms with Gasteiger partial charge in [-0.1, -0.05) is 6.92 Å². The Morgan fingerprint density at radius 2 is 1.86 bits per heavy atom. The molecular weight excluding hydrogens is 492 g/mol. The first kappa shape index (κ1) is 25.2. The molecule has 4 aromatic rings. The highest BCUT2D eigenvalue weighted by Gasteiger charge is 2.36. The van der Waals surface area contributed by atoms with Crippen LogP contribution >= 0.6 is 11.3 Å². The third-order valence-electron chi connectivity index (χ3n) is 6.61. The number of carbonyl (C=O) groups is 2. The van der Waals surface area contributed by atoms with E-state index >= 15 is 0 Å². The standard InChI is InChI=1S/C27H30N4O5S/c1-5-9-29-27(33)31-16(2)11-17-12-18(6-7-20(17)31)36-21-8-10-28-19-13-24(37-25(19)21)26(32)30-14-22(34-3)23(15-30)35-4/h6-8,10-13,22-23H,5,9,14-15H2,1-4H3,(H,29,33). The molecular formula is C27H30N4O5S. The fraction of sp³-hybridized carbons (Fsp3) is 0.370. The average Bonchev–Trinajstić information content (AvgIpc) is 3.61. The molecule has 0 radical (unpaired) electrons. The van der Waals surface area contributed by atoms with Gasteiger partial charge in [-0.25, -0.2) is 4.79 Å². The second-order valence-electron chi connectivity index (χ2n) is 9.07. The molecule has 0 bridgehead atoms. The van der Waals surface area contributed by atoms with E-state index < -0.39 is 0 Å². The van der Waals surface area contributed by atoms with E-state index in [-0.39, 0.29) is 24.1 Å². The Morgan fingerprint density at radius 1 is 1.11 bits per heavy atom. The number of likely N-dealkylation sites (tertiary alicyclic amines) is 1. The quantitative estimate of drug-likeness (QED) is 0.375. The Kier molecular flexibility index (Phi) is 7.14. The van der Waals surface area contributed by atoms with E-state index in [9.17, 15) is 9.59 Å². The Morgan fingerprint density at radius 3 is 2.57 bits per heavy atom. The Bertz CT molecular complexity index is 1450. The summed E-state index contributed by atoms with van der Waals surface area (Å²) >= 11 is 1.36. The summed E-state index contributed by atoms with van der Waals surface area (Å²) in [5.41, 5.74) is 2.37. The van der Waals surface area contributed by atoms with Crippen LogP contribution < -0.4 is 10.1 Å². The van der Waals surface area contributed by atoms with Crippen LogP contribution in [0.2, 0.25) is 0 Å². The summed E-state index contributed by atoms with van der Waals surface area (Å²) in [6, 6.07) is 11.1. The van der Waals surface area contributed by atoms with Crippen molar-refractivity contribution in [2.24, 2.45) is 0 Å². The molecule has 5 rings (SSSR count). The molecule has 1 saturated heterocycles. The van der Waals surface area contributed by atoms with Gasteiger partial charge < -0.3 is 24.4 Å². The normalized spacial score (nSPS) is 17.6. The highest BCUT2D eigenvalue weighted by molar-refractivity contribution is 7.21. The summed E-state index contributed by atoms with van der Waals surface area (Å²) in [5.74, 6) is 1.18. The lowest BCUT2D eigenvalue weighted by atomic mass is 10.2. The molecule has 3 aromatic heterocycles. The minimum atomic E-state index is -0.147. The second kappa shape index (κ2) is 10.5. The monoisotopic (exact) mass is 522 g/mol. The zero-order valence-electron chi connectivity index (χ0n) is 21.3. The van der Waals surface area contributed by atoms with Crippen LogP contribution in [0.5, 0.6) is 11.5 Å². The number of hydrogen-bond donors (Lipinski definition) is 1. The molecule has 0 spiro atoms. The van der Waals surface area contributed by atoms with E-state index in [1.807, 2.05) is 38.1 Å². The predicted octanol–water partition coefficient (Wildman–Crippen LogP) is 4.81. The Balaban J connectivity index is 1.40. The van der Waals surface area contributed by atoms with Crippen molar-refractivity contribution in [3.8, 4) is 11.5 Å². The summed E-state index contributed by atoms with van der Waals surface area (Å²) < 4.78 is 19.7. The van der Waals surface area contributed by atoms with Gasteiger partial charge in [-0.05, 0) is 43.7 Å². The van der Waals surface area contributed by atoms with Crippen LogP contribution in [0.3, 0.4) is 0 Å². The molecule has 2 amide bonds. The van der Waals surface area contributed by atoms with Gasteiger partial charge in [0.05, 0.1) is 20.6 Å². The van der Waals surface area contributed by atoms with Gasteiger partial charge in [-0.15, -0.1) is 11.3 Å².